The average molecular weight is 133 g/mol. The quantitative estimate of drug-likeness (QED) is 0.516. The number of hydrogen-bond donors (Lipinski definition) is 1. The fraction of sp³-hybridized carbons (Fsp3) is 1.00. The minimum Gasteiger partial charge on any atom is -0.316 e. The molecule has 0 unspecified atom stereocenters. The number of nitrogens with one attached hydrogen (secondary N) is 1. The molecule has 0 bridgehead atoms. The lowest BCUT2D eigenvalue weighted by molar-refractivity contribution is -0.152. The molecule has 1 aliphatic heterocycles. The summed E-state index contributed by atoms with van der Waals surface area (Å²) >= 11 is 0. The maximum Gasteiger partial charge on any atom is 0.252 e. The summed E-state index contributed by atoms with van der Waals surface area (Å²) in [6.07, 6.45) is 0.116. The van der Waals surface area contributed by atoms with Gasteiger partial charge in [0.2, 0.25) is 0 Å². The molecule has 2 fully saturated rings. The van der Waals surface area contributed by atoms with Crippen molar-refractivity contribution >= 4 is 0 Å². The van der Waals surface area contributed by atoms with E-state index in [0.717, 1.165) is 6.54 Å². The maximum atomic E-state index is 12.5. The molecular weight excluding hydrogens is 124 g/mol. The Balaban J connectivity index is 2.09. The van der Waals surface area contributed by atoms with Crippen LogP contribution in [-0.2, 0) is 0 Å². The van der Waals surface area contributed by atoms with Crippen LogP contribution in [0.25, 0.3) is 0 Å². The molecule has 9 heavy (non-hydrogen) atoms. The molecule has 1 saturated heterocycles. The molecule has 2 rings (SSSR count). The highest BCUT2D eigenvalue weighted by Gasteiger charge is 2.57. The second kappa shape index (κ2) is 1.45. The van der Waals surface area contributed by atoms with E-state index in [1.54, 1.807) is 0 Å². The fourth-order valence-corrected chi connectivity index (χ4v) is 1.78. The average Bonchev–Trinajstić information content (AvgIpc) is 2.10. The van der Waals surface area contributed by atoms with Gasteiger partial charge in [0.25, 0.3) is 5.92 Å². The third-order valence-electron chi connectivity index (χ3n) is 2.42. The van der Waals surface area contributed by atoms with Gasteiger partial charge in [0.15, 0.2) is 0 Å². The predicted molar refractivity (Wildman–Crippen MR) is 29.4 cm³/mol. The Hall–Kier alpha value is -0.180. The van der Waals surface area contributed by atoms with Gasteiger partial charge >= 0.3 is 0 Å². The number of hydrogen-bond acceptors (Lipinski definition) is 1. The van der Waals surface area contributed by atoms with E-state index >= 15 is 0 Å². The van der Waals surface area contributed by atoms with Crippen LogP contribution in [0.15, 0.2) is 0 Å². The number of rotatable bonds is 0. The van der Waals surface area contributed by atoms with Gasteiger partial charge in [-0.25, -0.2) is 8.78 Å². The fourth-order valence-electron chi connectivity index (χ4n) is 1.78. The molecule has 2 aliphatic rings. The molecule has 0 aromatic heterocycles. The van der Waals surface area contributed by atoms with E-state index in [-0.39, 0.29) is 18.3 Å². The van der Waals surface area contributed by atoms with Gasteiger partial charge in [0.05, 0.1) is 0 Å². The van der Waals surface area contributed by atoms with Crippen LogP contribution in [0.4, 0.5) is 8.78 Å². The first kappa shape index (κ1) is 5.59. The van der Waals surface area contributed by atoms with Crippen molar-refractivity contribution in [1.29, 1.82) is 0 Å². The van der Waals surface area contributed by atoms with E-state index in [0.29, 0.717) is 6.54 Å². The highest BCUT2D eigenvalue weighted by Crippen LogP contribution is 2.49. The van der Waals surface area contributed by atoms with Crippen LogP contribution in [-0.4, -0.2) is 19.0 Å². The lowest BCUT2D eigenvalue weighted by Gasteiger charge is -2.38. The summed E-state index contributed by atoms with van der Waals surface area (Å²) in [6.45, 7) is 1.33. The van der Waals surface area contributed by atoms with Crippen molar-refractivity contribution in [2.24, 2.45) is 11.8 Å². The van der Waals surface area contributed by atoms with Crippen molar-refractivity contribution in [2.45, 2.75) is 12.3 Å². The molecule has 1 nitrogen and oxygen atoms in total. The van der Waals surface area contributed by atoms with Crippen molar-refractivity contribution in [3.05, 3.63) is 0 Å². The topological polar surface area (TPSA) is 12.0 Å². The Labute approximate surface area is 52.4 Å². The van der Waals surface area contributed by atoms with E-state index in [2.05, 4.69) is 5.32 Å². The van der Waals surface area contributed by atoms with Crippen LogP contribution in [0.3, 0.4) is 0 Å². The van der Waals surface area contributed by atoms with Crippen LogP contribution in [0, 0.1) is 11.8 Å². The first-order chi connectivity index (χ1) is 4.20. The van der Waals surface area contributed by atoms with Gasteiger partial charge in [0.1, 0.15) is 0 Å². The van der Waals surface area contributed by atoms with E-state index in [1.807, 2.05) is 0 Å². The molecule has 1 N–H and O–H groups in total. The van der Waals surface area contributed by atoms with Gasteiger partial charge in [-0.1, -0.05) is 0 Å². The SMILES string of the molecule is FC1(F)C[C@H]2CNC[C@@H]21. The molecule has 0 aromatic carbocycles. The Kier molecular flexibility index (Phi) is 0.903. The molecule has 0 aromatic rings. The minimum absolute atomic E-state index is 0.116. The van der Waals surface area contributed by atoms with Gasteiger partial charge in [0, 0.05) is 18.9 Å². The van der Waals surface area contributed by atoms with Crippen molar-refractivity contribution in [3.8, 4) is 0 Å². The Morgan fingerprint density at radius 1 is 1.33 bits per heavy atom. The highest BCUT2D eigenvalue weighted by atomic mass is 19.3. The largest absolute Gasteiger partial charge is 0.316 e. The third-order valence-corrected chi connectivity index (χ3v) is 2.42. The van der Waals surface area contributed by atoms with Crippen molar-refractivity contribution in [1.82, 2.24) is 5.32 Å². The minimum atomic E-state index is -2.34. The van der Waals surface area contributed by atoms with Gasteiger partial charge in [-0.15, -0.1) is 0 Å². The lowest BCUT2D eigenvalue weighted by atomic mass is 9.72. The summed E-state index contributed by atoms with van der Waals surface area (Å²) in [6, 6.07) is 0. The highest BCUT2D eigenvalue weighted by molar-refractivity contribution is 5.01. The summed E-state index contributed by atoms with van der Waals surface area (Å²) in [5, 5.41) is 2.96. The van der Waals surface area contributed by atoms with Gasteiger partial charge in [-0.05, 0) is 12.5 Å². The van der Waals surface area contributed by atoms with Crippen LogP contribution in [0.5, 0.6) is 0 Å². The molecule has 1 saturated carbocycles. The van der Waals surface area contributed by atoms with Crippen molar-refractivity contribution in [2.75, 3.05) is 13.1 Å². The summed E-state index contributed by atoms with van der Waals surface area (Å²) < 4.78 is 24.9. The molecule has 1 heterocycles. The molecule has 0 amide bonds. The molecule has 0 radical (unpaired) electrons. The van der Waals surface area contributed by atoms with E-state index in [1.165, 1.54) is 0 Å². The molecule has 52 valence electrons. The Bertz CT molecular complexity index is 135. The zero-order valence-electron chi connectivity index (χ0n) is 5.03. The number of halogens is 2. The molecular formula is C6H9F2N. The van der Waals surface area contributed by atoms with Crippen molar-refractivity contribution in [3.63, 3.8) is 0 Å². The van der Waals surface area contributed by atoms with Gasteiger partial charge in [-0.2, -0.15) is 0 Å². The Morgan fingerprint density at radius 2 is 2.11 bits per heavy atom. The molecule has 2 atom stereocenters. The summed E-state index contributed by atoms with van der Waals surface area (Å²) in [5.41, 5.74) is 0. The zero-order valence-corrected chi connectivity index (χ0v) is 5.03. The van der Waals surface area contributed by atoms with E-state index in [9.17, 15) is 8.78 Å². The summed E-state index contributed by atoms with van der Waals surface area (Å²) in [7, 11) is 0. The lowest BCUT2D eigenvalue weighted by Crippen LogP contribution is -2.46. The van der Waals surface area contributed by atoms with Crippen LogP contribution in [0.2, 0.25) is 0 Å². The second-order valence-corrected chi connectivity index (χ2v) is 2.99. The van der Waals surface area contributed by atoms with E-state index < -0.39 is 5.92 Å². The standard InChI is InChI=1S/C6H9F2N/c7-6(8)1-4-2-9-3-5(4)6/h4-5,9H,1-3H2/t4-,5-/m0/s1. The second-order valence-electron chi connectivity index (χ2n) is 2.99. The monoisotopic (exact) mass is 133 g/mol. The number of alkyl halides is 2. The first-order valence-corrected chi connectivity index (χ1v) is 3.29. The summed E-state index contributed by atoms with van der Waals surface area (Å²) in [5.74, 6) is -2.40. The normalized spacial score (nSPS) is 46.0. The maximum absolute atomic E-state index is 12.5. The smallest absolute Gasteiger partial charge is 0.252 e. The Morgan fingerprint density at radius 3 is 2.56 bits per heavy atom. The van der Waals surface area contributed by atoms with Gasteiger partial charge in [-0.3, -0.25) is 0 Å². The number of fused-ring (bicyclic) bond motifs is 1. The first-order valence-electron chi connectivity index (χ1n) is 3.29. The van der Waals surface area contributed by atoms with Crippen LogP contribution < -0.4 is 5.32 Å². The molecule has 1 aliphatic carbocycles. The third kappa shape index (κ3) is 0.611. The van der Waals surface area contributed by atoms with Crippen LogP contribution in [0.1, 0.15) is 6.42 Å². The van der Waals surface area contributed by atoms with Gasteiger partial charge < -0.3 is 5.32 Å². The van der Waals surface area contributed by atoms with Crippen molar-refractivity contribution < 1.29 is 8.78 Å². The van der Waals surface area contributed by atoms with E-state index in [4.69, 9.17) is 0 Å². The predicted octanol–water partition coefficient (Wildman–Crippen LogP) is 0.861. The molecule has 0 spiro atoms. The van der Waals surface area contributed by atoms with Crippen LogP contribution >= 0.6 is 0 Å². The summed E-state index contributed by atoms with van der Waals surface area (Å²) in [4.78, 5) is 0. The molecule has 3 heteroatoms. The zero-order chi connectivity index (χ0) is 6.48.